The lowest BCUT2D eigenvalue weighted by Crippen LogP contribution is -2.43. The SMILES string of the molecule is COCc1ccccc1CN1CC(CN)CCC1C. The largest absolute Gasteiger partial charge is 0.380 e. The number of hydrogen-bond donors (Lipinski definition) is 1. The highest BCUT2D eigenvalue weighted by Crippen LogP contribution is 2.24. The molecule has 0 aliphatic carbocycles. The molecule has 1 fully saturated rings. The molecular formula is C16H26N2O. The number of nitrogens with zero attached hydrogens (tertiary/aromatic N) is 1. The van der Waals surface area contributed by atoms with Gasteiger partial charge < -0.3 is 10.5 Å². The number of hydrogen-bond acceptors (Lipinski definition) is 3. The average Bonchev–Trinajstić information content (AvgIpc) is 2.43. The van der Waals surface area contributed by atoms with Gasteiger partial charge in [-0.1, -0.05) is 24.3 Å². The Morgan fingerprint density at radius 3 is 2.68 bits per heavy atom. The van der Waals surface area contributed by atoms with Gasteiger partial charge in [-0.3, -0.25) is 4.90 Å². The molecule has 1 aliphatic rings. The Bertz CT molecular complexity index is 394. The van der Waals surface area contributed by atoms with Crippen LogP contribution in [0.25, 0.3) is 0 Å². The van der Waals surface area contributed by atoms with E-state index in [0.717, 1.165) is 19.6 Å². The van der Waals surface area contributed by atoms with Gasteiger partial charge in [-0.25, -0.2) is 0 Å². The van der Waals surface area contributed by atoms with Gasteiger partial charge in [0, 0.05) is 26.2 Å². The second-order valence-electron chi connectivity index (χ2n) is 5.66. The van der Waals surface area contributed by atoms with Crippen LogP contribution in [0, 0.1) is 5.92 Å². The van der Waals surface area contributed by atoms with E-state index in [1.165, 1.54) is 24.0 Å². The fraction of sp³-hybridized carbons (Fsp3) is 0.625. The number of methoxy groups -OCH3 is 1. The van der Waals surface area contributed by atoms with Gasteiger partial charge in [-0.15, -0.1) is 0 Å². The lowest BCUT2D eigenvalue weighted by Gasteiger charge is -2.38. The number of ether oxygens (including phenoxy) is 1. The second kappa shape index (κ2) is 7.04. The Morgan fingerprint density at radius 1 is 1.26 bits per heavy atom. The van der Waals surface area contributed by atoms with Gasteiger partial charge in [0.1, 0.15) is 0 Å². The average molecular weight is 262 g/mol. The minimum Gasteiger partial charge on any atom is -0.380 e. The highest BCUT2D eigenvalue weighted by Gasteiger charge is 2.24. The summed E-state index contributed by atoms with van der Waals surface area (Å²) in [5.74, 6) is 0.658. The maximum absolute atomic E-state index is 5.84. The molecule has 3 nitrogen and oxygen atoms in total. The molecule has 1 aromatic rings. The zero-order valence-corrected chi connectivity index (χ0v) is 12.1. The van der Waals surface area contributed by atoms with Crippen LogP contribution in [-0.4, -0.2) is 31.1 Å². The highest BCUT2D eigenvalue weighted by atomic mass is 16.5. The first kappa shape index (κ1) is 14.5. The normalized spacial score (nSPS) is 24.6. The van der Waals surface area contributed by atoms with E-state index >= 15 is 0 Å². The van der Waals surface area contributed by atoms with Crippen molar-refractivity contribution in [2.45, 2.75) is 39.0 Å². The van der Waals surface area contributed by atoms with Crippen molar-refractivity contribution >= 4 is 0 Å². The van der Waals surface area contributed by atoms with E-state index < -0.39 is 0 Å². The van der Waals surface area contributed by atoms with Gasteiger partial charge in [0.05, 0.1) is 6.61 Å². The number of benzene rings is 1. The van der Waals surface area contributed by atoms with E-state index in [4.69, 9.17) is 10.5 Å². The minimum atomic E-state index is 0.651. The summed E-state index contributed by atoms with van der Waals surface area (Å²) in [5, 5.41) is 0. The molecule has 1 saturated heterocycles. The van der Waals surface area contributed by atoms with E-state index in [0.29, 0.717) is 18.6 Å². The van der Waals surface area contributed by atoms with Crippen LogP contribution >= 0.6 is 0 Å². The van der Waals surface area contributed by atoms with Crippen LogP contribution in [0.4, 0.5) is 0 Å². The molecule has 0 amide bonds. The fourth-order valence-corrected chi connectivity index (χ4v) is 2.90. The van der Waals surface area contributed by atoms with Crippen molar-refractivity contribution in [2.75, 3.05) is 20.2 Å². The predicted molar refractivity (Wildman–Crippen MR) is 78.8 cm³/mol. The van der Waals surface area contributed by atoms with Crippen molar-refractivity contribution in [3.05, 3.63) is 35.4 Å². The molecule has 2 atom stereocenters. The van der Waals surface area contributed by atoms with Crippen LogP contribution in [0.1, 0.15) is 30.9 Å². The Kier molecular flexibility index (Phi) is 5.37. The molecule has 0 radical (unpaired) electrons. The Hall–Kier alpha value is -0.900. The molecule has 0 spiro atoms. The van der Waals surface area contributed by atoms with Crippen molar-refractivity contribution < 1.29 is 4.74 Å². The monoisotopic (exact) mass is 262 g/mol. The lowest BCUT2D eigenvalue weighted by molar-refractivity contribution is 0.111. The van der Waals surface area contributed by atoms with Gasteiger partial charge in [-0.2, -0.15) is 0 Å². The molecule has 0 bridgehead atoms. The maximum atomic E-state index is 5.84. The van der Waals surface area contributed by atoms with E-state index in [9.17, 15) is 0 Å². The predicted octanol–water partition coefficient (Wildman–Crippen LogP) is 2.39. The van der Waals surface area contributed by atoms with E-state index in [-0.39, 0.29) is 0 Å². The number of rotatable bonds is 5. The third-order valence-corrected chi connectivity index (χ3v) is 4.23. The molecule has 2 unspecified atom stereocenters. The topological polar surface area (TPSA) is 38.5 Å². The summed E-state index contributed by atoms with van der Waals surface area (Å²) in [6.07, 6.45) is 2.53. The Morgan fingerprint density at radius 2 is 2.00 bits per heavy atom. The van der Waals surface area contributed by atoms with Crippen LogP contribution in [0.3, 0.4) is 0 Å². The molecule has 106 valence electrons. The fourth-order valence-electron chi connectivity index (χ4n) is 2.90. The summed E-state index contributed by atoms with van der Waals surface area (Å²) in [4.78, 5) is 2.56. The van der Waals surface area contributed by atoms with Gasteiger partial charge >= 0.3 is 0 Å². The van der Waals surface area contributed by atoms with Crippen molar-refractivity contribution in [3.63, 3.8) is 0 Å². The van der Waals surface area contributed by atoms with Crippen LogP contribution in [0.15, 0.2) is 24.3 Å². The second-order valence-corrected chi connectivity index (χ2v) is 5.66. The van der Waals surface area contributed by atoms with E-state index in [1.807, 2.05) is 0 Å². The first-order valence-electron chi connectivity index (χ1n) is 7.24. The number of piperidine rings is 1. The molecule has 0 saturated carbocycles. The van der Waals surface area contributed by atoms with Crippen LogP contribution in [0.5, 0.6) is 0 Å². The zero-order chi connectivity index (χ0) is 13.7. The highest BCUT2D eigenvalue weighted by molar-refractivity contribution is 5.26. The smallest absolute Gasteiger partial charge is 0.0716 e. The van der Waals surface area contributed by atoms with Gasteiger partial charge in [0.25, 0.3) is 0 Å². The first-order chi connectivity index (χ1) is 9.24. The molecule has 2 rings (SSSR count). The molecule has 19 heavy (non-hydrogen) atoms. The maximum Gasteiger partial charge on any atom is 0.0716 e. The van der Waals surface area contributed by atoms with Crippen molar-refractivity contribution in [3.8, 4) is 0 Å². The Labute approximate surface area is 116 Å². The molecule has 3 heteroatoms. The molecule has 2 N–H and O–H groups in total. The van der Waals surface area contributed by atoms with Gasteiger partial charge in [-0.05, 0) is 43.4 Å². The van der Waals surface area contributed by atoms with Crippen LogP contribution in [-0.2, 0) is 17.9 Å². The van der Waals surface area contributed by atoms with E-state index in [1.54, 1.807) is 7.11 Å². The zero-order valence-electron chi connectivity index (χ0n) is 12.1. The summed E-state index contributed by atoms with van der Waals surface area (Å²) in [7, 11) is 1.75. The van der Waals surface area contributed by atoms with Crippen LogP contribution in [0.2, 0.25) is 0 Å². The standard InChI is InChI=1S/C16H26N2O/c1-13-7-8-14(9-17)10-18(13)11-15-5-3-4-6-16(15)12-19-2/h3-6,13-14H,7-12,17H2,1-2H3. The van der Waals surface area contributed by atoms with Crippen molar-refractivity contribution in [1.29, 1.82) is 0 Å². The molecule has 0 aromatic heterocycles. The third kappa shape index (κ3) is 3.78. The summed E-state index contributed by atoms with van der Waals surface area (Å²) in [6, 6.07) is 9.23. The Balaban J connectivity index is 2.06. The molecule has 1 aromatic carbocycles. The van der Waals surface area contributed by atoms with Crippen molar-refractivity contribution in [1.82, 2.24) is 4.90 Å². The third-order valence-electron chi connectivity index (χ3n) is 4.23. The van der Waals surface area contributed by atoms with Gasteiger partial charge in [0.2, 0.25) is 0 Å². The minimum absolute atomic E-state index is 0.651. The van der Waals surface area contributed by atoms with Crippen LogP contribution < -0.4 is 5.73 Å². The molecule has 1 aliphatic heterocycles. The lowest BCUT2D eigenvalue weighted by atomic mass is 9.93. The number of nitrogens with two attached hydrogens (primary N) is 1. The van der Waals surface area contributed by atoms with Crippen molar-refractivity contribution in [2.24, 2.45) is 11.7 Å². The molecular weight excluding hydrogens is 236 g/mol. The van der Waals surface area contributed by atoms with E-state index in [2.05, 4.69) is 36.1 Å². The summed E-state index contributed by atoms with van der Waals surface area (Å²) in [6.45, 7) is 5.96. The van der Waals surface area contributed by atoms with Gasteiger partial charge in [0.15, 0.2) is 0 Å². The first-order valence-corrected chi connectivity index (χ1v) is 7.24. The summed E-state index contributed by atoms with van der Waals surface area (Å²) < 4.78 is 5.29. The molecule has 1 heterocycles. The summed E-state index contributed by atoms with van der Waals surface area (Å²) in [5.41, 5.74) is 8.52. The quantitative estimate of drug-likeness (QED) is 0.885. The number of likely N-dealkylation sites (tertiary alicyclic amines) is 1. The summed E-state index contributed by atoms with van der Waals surface area (Å²) >= 11 is 0.